The number of ether oxygens (including phenoxy) is 1. The van der Waals surface area contributed by atoms with Crippen LogP contribution in [0.4, 0.5) is 0 Å². The molecule has 1 aliphatic rings. The maximum absolute atomic E-state index is 6.22. The summed E-state index contributed by atoms with van der Waals surface area (Å²) >= 11 is 6.22. The van der Waals surface area contributed by atoms with Crippen LogP contribution < -0.4 is 0 Å². The number of aromatic nitrogens is 1. The number of pyridine rings is 1. The van der Waals surface area contributed by atoms with Gasteiger partial charge < -0.3 is 9.15 Å². The summed E-state index contributed by atoms with van der Waals surface area (Å²) < 4.78 is 11.2. The number of rotatable bonds is 6. The van der Waals surface area contributed by atoms with Crippen LogP contribution in [0.15, 0.2) is 41.3 Å². The summed E-state index contributed by atoms with van der Waals surface area (Å²) in [5.74, 6) is 0.957. The van der Waals surface area contributed by atoms with E-state index in [1.807, 2.05) is 18.2 Å². The van der Waals surface area contributed by atoms with Crippen LogP contribution in [0.25, 0.3) is 0 Å². The maximum Gasteiger partial charge on any atom is 0.117 e. The van der Waals surface area contributed by atoms with E-state index in [0.29, 0.717) is 11.1 Å². The fourth-order valence-corrected chi connectivity index (χ4v) is 2.84. The average Bonchev–Trinajstić information content (AvgIpc) is 3.15. The molecule has 4 nitrogen and oxygen atoms in total. The fraction of sp³-hybridized carbons (Fsp3) is 0.438. The molecule has 0 N–H and O–H groups in total. The Hall–Kier alpha value is -1.36. The average molecular weight is 307 g/mol. The molecule has 3 heterocycles. The molecule has 5 heteroatoms. The standard InChI is InChI=1S/C16H19ClN2O2/c17-16-9-18-6-5-13(16)10-19(11-14-3-1-7-20-14)12-15-4-2-8-21-15/h1,3,5-7,9,15H,2,4,8,10-12H2/t15-/m0/s1. The van der Waals surface area contributed by atoms with Crippen LogP contribution in [0.3, 0.4) is 0 Å². The Morgan fingerprint density at radius 2 is 2.29 bits per heavy atom. The second-order valence-corrected chi connectivity index (χ2v) is 5.76. The summed E-state index contributed by atoms with van der Waals surface area (Å²) in [6.07, 6.45) is 7.75. The molecule has 3 rings (SSSR count). The number of halogens is 1. The first kappa shape index (κ1) is 14.6. The van der Waals surface area contributed by atoms with Crippen LogP contribution >= 0.6 is 11.6 Å². The molecule has 0 bridgehead atoms. The Morgan fingerprint density at radius 1 is 1.33 bits per heavy atom. The lowest BCUT2D eigenvalue weighted by Gasteiger charge is -2.24. The molecule has 112 valence electrons. The predicted octanol–water partition coefficient (Wildman–Crippen LogP) is 3.51. The third-order valence-electron chi connectivity index (χ3n) is 3.70. The largest absolute Gasteiger partial charge is 0.468 e. The van der Waals surface area contributed by atoms with Gasteiger partial charge in [0.25, 0.3) is 0 Å². The number of nitrogens with zero attached hydrogens (tertiary/aromatic N) is 2. The summed E-state index contributed by atoms with van der Waals surface area (Å²) in [6, 6.07) is 5.88. The highest BCUT2D eigenvalue weighted by Crippen LogP contribution is 2.20. The molecule has 0 spiro atoms. The van der Waals surface area contributed by atoms with Gasteiger partial charge in [-0.15, -0.1) is 0 Å². The van der Waals surface area contributed by atoms with Gasteiger partial charge in [0, 0.05) is 32.1 Å². The maximum atomic E-state index is 6.22. The summed E-state index contributed by atoms with van der Waals surface area (Å²) in [5.41, 5.74) is 1.08. The van der Waals surface area contributed by atoms with Gasteiger partial charge >= 0.3 is 0 Å². The molecule has 1 atom stereocenters. The molecule has 0 unspecified atom stereocenters. The summed E-state index contributed by atoms with van der Waals surface area (Å²) in [6.45, 7) is 3.28. The molecule has 0 aliphatic carbocycles. The van der Waals surface area contributed by atoms with E-state index in [1.54, 1.807) is 18.7 Å². The summed E-state index contributed by atoms with van der Waals surface area (Å²) in [4.78, 5) is 6.35. The molecular formula is C16H19ClN2O2. The van der Waals surface area contributed by atoms with Gasteiger partial charge in [-0.3, -0.25) is 9.88 Å². The topological polar surface area (TPSA) is 38.5 Å². The molecule has 2 aromatic heterocycles. The number of hydrogen-bond acceptors (Lipinski definition) is 4. The quantitative estimate of drug-likeness (QED) is 0.818. The van der Waals surface area contributed by atoms with Crippen LogP contribution in [0.1, 0.15) is 24.2 Å². The second-order valence-electron chi connectivity index (χ2n) is 5.35. The van der Waals surface area contributed by atoms with Crippen molar-refractivity contribution < 1.29 is 9.15 Å². The lowest BCUT2D eigenvalue weighted by atomic mass is 10.2. The van der Waals surface area contributed by atoms with Gasteiger partial charge in [0.15, 0.2) is 0 Å². The second kappa shape index (κ2) is 7.07. The van der Waals surface area contributed by atoms with Crippen molar-refractivity contribution in [2.24, 2.45) is 0 Å². The lowest BCUT2D eigenvalue weighted by Crippen LogP contribution is -2.31. The van der Waals surface area contributed by atoms with Gasteiger partial charge in [-0.25, -0.2) is 0 Å². The summed E-state index contributed by atoms with van der Waals surface area (Å²) in [5, 5.41) is 0.703. The molecular weight excluding hydrogens is 288 g/mol. The Balaban J connectivity index is 1.69. The molecule has 0 amide bonds. The number of furan rings is 1. The number of hydrogen-bond donors (Lipinski definition) is 0. The SMILES string of the molecule is Clc1cnccc1CN(Cc1ccco1)C[C@@H]1CCCO1. The Morgan fingerprint density at radius 3 is 3.00 bits per heavy atom. The van der Waals surface area contributed by atoms with E-state index in [1.165, 1.54) is 0 Å². The van der Waals surface area contributed by atoms with Crippen LogP contribution in [-0.2, 0) is 17.8 Å². The van der Waals surface area contributed by atoms with Crippen molar-refractivity contribution in [3.63, 3.8) is 0 Å². The molecule has 0 aromatic carbocycles. The first-order valence-electron chi connectivity index (χ1n) is 7.26. The lowest BCUT2D eigenvalue weighted by molar-refractivity contribution is 0.0655. The first-order chi connectivity index (χ1) is 10.3. The Labute approximate surface area is 129 Å². The minimum absolute atomic E-state index is 0.306. The van der Waals surface area contributed by atoms with E-state index in [9.17, 15) is 0 Å². The Bertz CT molecular complexity index is 553. The molecule has 1 saturated heterocycles. The highest BCUT2D eigenvalue weighted by atomic mass is 35.5. The van der Waals surface area contributed by atoms with Gasteiger partial charge in [-0.2, -0.15) is 0 Å². The molecule has 1 fully saturated rings. The van der Waals surface area contributed by atoms with Crippen molar-refractivity contribution in [1.29, 1.82) is 0 Å². The van der Waals surface area contributed by atoms with Gasteiger partial charge in [0.1, 0.15) is 5.76 Å². The van der Waals surface area contributed by atoms with E-state index >= 15 is 0 Å². The normalized spacial score (nSPS) is 18.5. The molecule has 0 radical (unpaired) electrons. The highest BCUT2D eigenvalue weighted by molar-refractivity contribution is 6.31. The van der Waals surface area contributed by atoms with Gasteiger partial charge in [-0.1, -0.05) is 11.6 Å². The fourth-order valence-electron chi connectivity index (χ4n) is 2.66. The highest BCUT2D eigenvalue weighted by Gasteiger charge is 2.20. The van der Waals surface area contributed by atoms with E-state index in [-0.39, 0.29) is 0 Å². The van der Waals surface area contributed by atoms with E-state index in [0.717, 1.165) is 50.4 Å². The van der Waals surface area contributed by atoms with Crippen molar-refractivity contribution in [1.82, 2.24) is 9.88 Å². The van der Waals surface area contributed by atoms with Gasteiger partial charge in [0.2, 0.25) is 0 Å². The van der Waals surface area contributed by atoms with Crippen molar-refractivity contribution in [3.8, 4) is 0 Å². The zero-order chi connectivity index (χ0) is 14.5. The van der Waals surface area contributed by atoms with Crippen LogP contribution in [0.5, 0.6) is 0 Å². The minimum Gasteiger partial charge on any atom is -0.468 e. The van der Waals surface area contributed by atoms with Crippen LogP contribution in [-0.4, -0.2) is 29.1 Å². The van der Waals surface area contributed by atoms with Crippen molar-refractivity contribution in [2.75, 3.05) is 13.2 Å². The van der Waals surface area contributed by atoms with Crippen molar-refractivity contribution >= 4 is 11.6 Å². The zero-order valence-corrected chi connectivity index (χ0v) is 12.6. The smallest absolute Gasteiger partial charge is 0.117 e. The van der Waals surface area contributed by atoms with Gasteiger partial charge in [0.05, 0.1) is 23.9 Å². The zero-order valence-electron chi connectivity index (χ0n) is 11.9. The molecule has 2 aromatic rings. The summed E-state index contributed by atoms with van der Waals surface area (Å²) in [7, 11) is 0. The van der Waals surface area contributed by atoms with E-state index in [4.69, 9.17) is 20.8 Å². The molecule has 21 heavy (non-hydrogen) atoms. The third-order valence-corrected chi connectivity index (χ3v) is 4.04. The predicted molar refractivity (Wildman–Crippen MR) is 81.0 cm³/mol. The first-order valence-corrected chi connectivity index (χ1v) is 7.64. The van der Waals surface area contributed by atoms with Crippen LogP contribution in [0, 0.1) is 0 Å². The van der Waals surface area contributed by atoms with Crippen molar-refractivity contribution in [3.05, 3.63) is 53.2 Å². The Kier molecular flexibility index (Phi) is 4.91. The van der Waals surface area contributed by atoms with Crippen LogP contribution in [0.2, 0.25) is 5.02 Å². The third kappa shape index (κ3) is 4.06. The molecule has 0 saturated carbocycles. The molecule has 1 aliphatic heterocycles. The van der Waals surface area contributed by atoms with E-state index < -0.39 is 0 Å². The van der Waals surface area contributed by atoms with Crippen molar-refractivity contribution in [2.45, 2.75) is 32.0 Å². The van der Waals surface area contributed by atoms with Gasteiger partial charge in [-0.05, 0) is 36.6 Å². The minimum atomic E-state index is 0.306. The van der Waals surface area contributed by atoms with E-state index in [2.05, 4.69) is 9.88 Å². The monoisotopic (exact) mass is 306 g/mol.